The zero-order chi connectivity index (χ0) is 14.6. The van der Waals surface area contributed by atoms with Gasteiger partial charge >= 0.3 is 5.97 Å². The molecular formula is C13H17NO4S. The van der Waals surface area contributed by atoms with Gasteiger partial charge in [-0.3, -0.25) is 4.79 Å². The first kappa shape index (κ1) is 15.4. The maximum absolute atomic E-state index is 11.3. The molecule has 0 saturated carbocycles. The summed E-state index contributed by atoms with van der Waals surface area (Å²) < 4.78 is 10.1. The molecule has 19 heavy (non-hydrogen) atoms. The molecule has 5 nitrogen and oxygen atoms in total. The van der Waals surface area contributed by atoms with Crippen LogP contribution in [0.4, 0.5) is 5.69 Å². The summed E-state index contributed by atoms with van der Waals surface area (Å²) >= 11 is 4.28. The van der Waals surface area contributed by atoms with E-state index in [4.69, 9.17) is 4.74 Å². The zero-order valence-electron chi connectivity index (χ0n) is 11.3. The van der Waals surface area contributed by atoms with Gasteiger partial charge < -0.3 is 14.8 Å². The van der Waals surface area contributed by atoms with Crippen LogP contribution < -0.4 is 10.1 Å². The van der Waals surface area contributed by atoms with Crippen LogP contribution >= 0.6 is 12.6 Å². The normalized spacial score (nSPS) is 11.6. The van der Waals surface area contributed by atoms with Crippen molar-refractivity contribution >= 4 is 30.2 Å². The average Bonchev–Trinajstić information content (AvgIpc) is 2.33. The maximum Gasteiger partial charge on any atom is 0.346 e. The van der Waals surface area contributed by atoms with E-state index in [0.717, 1.165) is 5.56 Å². The summed E-state index contributed by atoms with van der Waals surface area (Å²) in [7, 11) is 1.30. The Morgan fingerprint density at radius 2 is 2.00 bits per heavy atom. The third-order valence-corrected chi connectivity index (χ3v) is 2.81. The number of hydrogen-bond donors (Lipinski definition) is 2. The van der Waals surface area contributed by atoms with E-state index in [9.17, 15) is 9.59 Å². The third kappa shape index (κ3) is 4.17. The molecule has 0 aliphatic heterocycles. The van der Waals surface area contributed by atoms with E-state index in [1.165, 1.54) is 14.0 Å². The van der Waals surface area contributed by atoms with Gasteiger partial charge in [-0.2, -0.15) is 0 Å². The zero-order valence-corrected chi connectivity index (χ0v) is 12.2. The molecule has 1 N–H and O–H groups in total. The minimum atomic E-state index is -0.723. The molecule has 0 saturated heterocycles. The Hall–Kier alpha value is -1.69. The molecule has 0 bridgehead atoms. The van der Waals surface area contributed by atoms with Gasteiger partial charge in [0.1, 0.15) is 5.75 Å². The van der Waals surface area contributed by atoms with E-state index in [0.29, 0.717) is 16.3 Å². The van der Waals surface area contributed by atoms with Crippen LogP contribution in [0.1, 0.15) is 19.4 Å². The molecule has 1 aromatic rings. The number of aryl methyl sites for hydroxylation is 1. The molecular weight excluding hydrogens is 266 g/mol. The predicted octanol–water partition coefficient (Wildman–Crippen LogP) is 2.18. The van der Waals surface area contributed by atoms with Crippen LogP contribution in [0.25, 0.3) is 0 Å². The Balaban J connectivity index is 3.00. The first-order chi connectivity index (χ1) is 8.85. The lowest BCUT2D eigenvalue weighted by Gasteiger charge is -2.16. The minimum absolute atomic E-state index is 0.203. The van der Waals surface area contributed by atoms with Gasteiger partial charge in [0, 0.05) is 17.9 Å². The highest BCUT2D eigenvalue weighted by atomic mass is 32.1. The highest BCUT2D eigenvalue weighted by molar-refractivity contribution is 7.80. The molecule has 1 aromatic carbocycles. The van der Waals surface area contributed by atoms with Gasteiger partial charge in [0.15, 0.2) is 6.10 Å². The summed E-state index contributed by atoms with van der Waals surface area (Å²) in [5.41, 5.74) is 1.35. The Labute approximate surface area is 117 Å². The van der Waals surface area contributed by atoms with Gasteiger partial charge in [0.05, 0.1) is 12.8 Å². The topological polar surface area (TPSA) is 64.6 Å². The van der Waals surface area contributed by atoms with Crippen molar-refractivity contribution in [1.29, 1.82) is 0 Å². The molecule has 0 aliphatic carbocycles. The molecule has 0 spiro atoms. The molecule has 1 unspecified atom stereocenters. The fraction of sp³-hybridized carbons (Fsp3) is 0.385. The molecule has 0 heterocycles. The van der Waals surface area contributed by atoms with Gasteiger partial charge in [-0.15, -0.1) is 12.6 Å². The van der Waals surface area contributed by atoms with Crippen LogP contribution in [0.3, 0.4) is 0 Å². The first-order valence-corrected chi connectivity index (χ1v) is 6.15. The minimum Gasteiger partial charge on any atom is -0.479 e. The number of benzene rings is 1. The Bertz CT molecular complexity index is 502. The van der Waals surface area contributed by atoms with Crippen molar-refractivity contribution in [1.82, 2.24) is 0 Å². The Morgan fingerprint density at radius 1 is 1.37 bits per heavy atom. The van der Waals surface area contributed by atoms with Gasteiger partial charge in [0.2, 0.25) is 5.91 Å². The van der Waals surface area contributed by atoms with E-state index >= 15 is 0 Å². The summed E-state index contributed by atoms with van der Waals surface area (Å²) in [6.45, 7) is 4.83. The van der Waals surface area contributed by atoms with Crippen molar-refractivity contribution in [3.8, 4) is 5.75 Å². The van der Waals surface area contributed by atoms with Crippen molar-refractivity contribution in [2.24, 2.45) is 0 Å². The van der Waals surface area contributed by atoms with Gasteiger partial charge in [0.25, 0.3) is 0 Å². The SMILES string of the molecule is COC(=O)C(C)Oc1cc(NC(C)=O)c(S)cc1C. The van der Waals surface area contributed by atoms with Crippen LogP contribution in [0.15, 0.2) is 17.0 Å². The summed E-state index contributed by atoms with van der Waals surface area (Å²) in [5, 5.41) is 2.65. The predicted molar refractivity (Wildman–Crippen MR) is 74.8 cm³/mol. The van der Waals surface area contributed by atoms with Crippen LogP contribution in [0.2, 0.25) is 0 Å². The lowest BCUT2D eigenvalue weighted by molar-refractivity contribution is -0.147. The Morgan fingerprint density at radius 3 is 2.53 bits per heavy atom. The monoisotopic (exact) mass is 283 g/mol. The van der Waals surface area contributed by atoms with Crippen LogP contribution in [-0.4, -0.2) is 25.1 Å². The number of thiol groups is 1. The van der Waals surface area contributed by atoms with Crippen molar-refractivity contribution in [3.63, 3.8) is 0 Å². The lowest BCUT2D eigenvalue weighted by atomic mass is 10.2. The highest BCUT2D eigenvalue weighted by Gasteiger charge is 2.17. The summed E-state index contributed by atoms with van der Waals surface area (Å²) in [6, 6.07) is 3.40. The number of anilines is 1. The molecule has 6 heteroatoms. The van der Waals surface area contributed by atoms with Crippen molar-refractivity contribution in [2.75, 3.05) is 12.4 Å². The van der Waals surface area contributed by atoms with E-state index in [-0.39, 0.29) is 5.91 Å². The quantitative estimate of drug-likeness (QED) is 0.656. The second-order valence-electron chi connectivity index (χ2n) is 4.10. The molecule has 0 aromatic heterocycles. The number of methoxy groups -OCH3 is 1. The second-order valence-corrected chi connectivity index (χ2v) is 4.58. The number of rotatable bonds is 4. The van der Waals surface area contributed by atoms with Crippen LogP contribution in [0.5, 0.6) is 5.75 Å². The number of esters is 1. The van der Waals surface area contributed by atoms with Crippen molar-refractivity contribution in [2.45, 2.75) is 31.8 Å². The van der Waals surface area contributed by atoms with Crippen LogP contribution in [-0.2, 0) is 14.3 Å². The highest BCUT2D eigenvalue weighted by Crippen LogP contribution is 2.30. The fourth-order valence-corrected chi connectivity index (χ4v) is 1.81. The summed E-state index contributed by atoms with van der Waals surface area (Å²) in [4.78, 5) is 23.0. The number of nitrogens with one attached hydrogen (secondary N) is 1. The van der Waals surface area contributed by atoms with E-state index < -0.39 is 12.1 Å². The molecule has 1 amide bonds. The smallest absolute Gasteiger partial charge is 0.346 e. The molecule has 1 rings (SSSR count). The number of carbonyl (C=O) groups is 2. The molecule has 104 valence electrons. The summed E-state index contributed by atoms with van der Waals surface area (Å²) in [5.74, 6) is -0.166. The average molecular weight is 283 g/mol. The number of ether oxygens (including phenoxy) is 2. The van der Waals surface area contributed by atoms with E-state index in [1.54, 1.807) is 19.1 Å². The van der Waals surface area contributed by atoms with Crippen molar-refractivity contribution in [3.05, 3.63) is 17.7 Å². The molecule has 1 atom stereocenters. The largest absolute Gasteiger partial charge is 0.479 e. The summed E-state index contributed by atoms with van der Waals surface area (Å²) in [6.07, 6.45) is -0.723. The van der Waals surface area contributed by atoms with E-state index in [1.807, 2.05) is 6.92 Å². The van der Waals surface area contributed by atoms with E-state index in [2.05, 4.69) is 22.7 Å². The van der Waals surface area contributed by atoms with Crippen LogP contribution in [0, 0.1) is 6.92 Å². The van der Waals surface area contributed by atoms with Crippen molar-refractivity contribution < 1.29 is 19.1 Å². The third-order valence-electron chi connectivity index (χ3n) is 2.44. The molecule has 0 fully saturated rings. The van der Waals surface area contributed by atoms with Gasteiger partial charge in [-0.25, -0.2) is 4.79 Å². The number of hydrogen-bond acceptors (Lipinski definition) is 5. The standard InChI is InChI=1S/C13H17NO4S/c1-7-5-12(19)10(14-9(3)15)6-11(7)18-8(2)13(16)17-4/h5-6,8,19H,1-4H3,(H,14,15). The second kappa shape index (κ2) is 6.47. The van der Waals surface area contributed by atoms with Gasteiger partial charge in [-0.1, -0.05) is 0 Å². The fourth-order valence-electron chi connectivity index (χ4n) is 1.49. The number of carbonyl (C=O) groups excluding carboxylic acids is 2. The molecule has 0 aliphatic rings. The Kier molecular flexibility index (Phi) is 5.23. The molecule has 0 radical (unpaired) electrons. The lowest BCUT2D eigenvalue weighted by Crippen LogP contribution is -2.25. The maximum atomic E-state index is 11.3. The first-order valence-electron chi connectivity index (χ1n) is 5.70. The van der Waals surface area contributed by atoms with Gasteiger partial charge in [-0.05, 0) is 25.5 Å². The number of amides is 1.